The molecule has 1 aromatic rings. The molecule has 0 amide bonds. The highest BCUT2D eigenvalue weighted by molar-refractivity contribution is 5.05. The van der Waals surface area contributed by atoms with Gasteiger partial charge in [0.25, 0.3) is 0 Å². The number of aryl methyl sites for hydroxylation is 2. The van der Waals surface area contributed by atoms with Crippen LogP contribution in [-0.2, 0) is 11.3 Å². The first kappa shape index (κ1) is 13.1. The van der Waals surface area contributed by atoms with Crippen LogP contribution in [0.25, 0.3) is 0 Å². The third-order valence-corrected chi connectivity index (χ3v) is 4.57. The summed E-state index contributed by atoms with van der Waals surface area (Å²) in [4.78, 5) is 4.38. The van der Waals surface area contributed by atoms with Gasteiger partial charge in [-0.25, -0.2) is 4.98 Å². The average molecular weight is 264 g/mol. The zero-order chi connectivity index (χ0) is 13.3. The molecule has 0 bridgehead atoms. The van der Waals surface area contributed by atoms with E-state index in [4.69, 9.17) is 9.15 Å². The summed E-state index contributed by atoms with van der Waals surface area (Å²) in [5.74, 6) is 1.70. The lowest BCUT2D eigenvalue weighted by molar-refractivity contribution is -0.0353. The van der Waals surface area contributed by atoms with E-state index in [9.17, 15) is 0 Å². The van der Waals surface area contributed by atoms with Crippen LogP contribution >= 0.6 is 0 Å². The van der Waals surface area contributed by atoms with Crippen molar-refractivity contribution in [3.8, 4) is 0 Å². The fourth-order valence-electron chi connectivity index (χ4n) is 3.38. The molecule has 2 fully saturated rings. The quantitative estimate of drug-likeness (QED) is 0.908. The number of ether oxygens (including phenoxy) is 1. The molecular weight excluding hydrogens is 240 g/mol. The minimum absolute atomic E-state index is 0.239. The lowest BCUT2D eigenvalue weighted by atomic mass is 9.98. The van der Waals surface area contributed by atoms with Gasteiger partial charge in [-0.05, 0) is 39.5 Å². The van der Waals surface area contributed by atoms with Crippen LogP contribution in [0.4, 0.5) is 0 Å². The lowest BCUT2D eigenvalue weighted by Gasteiger charge is -2.23. The fourth-order valence-corrected chi connectivity index (χ4v) is 3.38. The van der Waals surface area contributed by atoms with Crippen molar-refractivity contribution in [3.05, 3.63) is 17.3 Å². The molecule has 1 aliphatic carbocycles. The largest absolute Gasteiger partial charge is 0.444 e. The summed E-state index contributed by atoms with van der Waals surface area (Å²) in [6.07, 6.45) is 8.02. The third-order valence-electron chi connectivity index (χ3n) is 4.57. The SMILES string of the molecule is Cc1nc(CNCC2CCC3(CCCC3)O2)oc1C. The van der Waals surface area contributed by atoms with Crippen molar-refractivity contribution in [2.24, 2.45) is 0 Å². The summed E-state index contributed by atoms with van der Waals surface area (Å²) in [6, 6.07) is 0. The standard InChI is InChI=1S/C15H24N2O2/c1-11-12(2)18-14(17-11)10-16-9-13-5-8-15(19-13)6-3-4-7-15/h13,16H,3-10H2,1-2H3. The summed E-state index contributed by atoms with van der Waals surface area (Å²) >= 11 is 0. The highest BCUT2D eigenvalue weighted by atomic mass is 16.5. The van der Waals surface area contributed by atoms with Gasteiger partial charge >= 0.3 is 0 Å². The van der Waals surface area contributed by atoms with Gasteiger partial charge in [-0.15, -0.1) is 0 Å². The maximum absolute atomic E-state index is 6.26. The molecular formula is C15H24N2O2. The van der Waals surface area contributed by atoms with E-state index in [0.717, 1.165) is 23.9 Å². The van der Waals surface area contributed by atoms with Crippen molar-refractivity contribution < 1.29 is 9.15 Å². The zero-order valence-electron chi connectivity index (χ0n) is 12.0. The minimum atomic E-state index is 0.239. The first-order valence-corrected chi connectivity index (χ1v) is 7.48. The fraction of sp³-hybridized carbons (Fsp3) is 0.800. The van der Waals surface area contributed by atoms with Crippen LogP contribution < -0.4 is 5.32 Å². The van der Waals surface area contributed by atoms with Crippen LogP contribution in [-0.4, -0.2) is 23.2 Å². The molecule has 4 nitrogen and oxygen atoms in total. The van der Waals surface area contributed by atoms with Gasteiger partial charge in [-0.1, -0.05) is 12.8 Å². The molecule has 2 aliphatic rings. The molecule has 1 unspecified atom stereocenters. The highest BCUT2D eigenvalue weighted by Crippen LogP contribution is 2.43. The number of rotatable bonds is 4. The molecule has 0 aromatic carbocycles. The summed E-state index contributed by atoms with van der Waals surface area (Å²) in [7, 11) is 0. The van der Waals surface area contributed by atoms with Gasteiger partial charge in [0, 0.05) is 6.54 Å². The predicted octanol–water partition coefficient (Wildman–Crippen LogP) is 2.87. The molecule has 1 aromatic heterocycles. The van der Waals surface area contributed by atoms with Gasteiger partial charge < -0.3 is 14.5 Å². The Labute approximate surface area is 114 Å². The van der Waals surface area contributed by atoms with Gasteiger partial charge in [0.15, 0.2) is 0 Å². The molecule has 4 heteroatoms. The average Bonchev–Trinajstić information content (AvgIpc) is 3.06. The van der Waals surface area contributed by atoms with Crippen molar-refractivity contribution in [3.63, 3.8) is 0 Å². The molecule has 2 heterocycles. The van der Waals surface area contributed by atoms with E-state index in [1.54, 1.807) is 0 Å². The Morgan fingerprint density at radius 2 is 2.05 bits per heavy atom. The number of hydrogen-bond donors (Lipinski definition) is 1. The van der Waals surface area contributed by atoms with Crippen molar-refractivity contribution in [1.82, 2.24) is 10.3 Å². The number of aromatic nitrogens is 1. The first-order valence-electron chi connectivity index (χ1n) is 7.48. The van der Waals surface area contributed by atoms with Gasteiger partial charge in [0.2, 0.25) is 5.89 Å². The van der Waals surface area contributed by atoms with Crippen LogP contribution in [0.3, 0.4) is 0 Å². The molecule has 1 spiro atoms. The number of oxazole rings is 1. The van der Waals surface area contributed by atoms with Gasteiger partial charge in [0.1, 0.15) is 5.76 Å². The third kappa shape index (κ3) is 2.84. The summed E-state index contributed by atoms with van der Waals surface area (Å²) in [6.45, 7) is 5.53. The van der Waals surface area contributed by atoms with Crippen LogP contribution in [0.2, 0.25) is 0 Å². The Bertz CT molecular complexity index is 416. The normalized spacial score (nSPS) is 25.5. The van der Waals surface area contributed by atoms with Crippen molar-refractivity contribution in [2.45, 2.75) is 70.6 Å². The molecule has 1 N–H and O–H groups in total. The van der Waals surface area contributed by atoms with Crippen LogP contribution in [0.1, 0.15) is 55.9 Å². The second-order valence-electron chi connectivity index (χ2n) is 6.05. The highest BCUT2D eigenvalue weighted by Gasteiger charge is 2.41. The van der Waals surface area contributed by atoms with E-state index < -0.39 is 0 Å². The van der Waals surface area contributed by atoms with E-state index in [1.807, 2.05) is 13.8 Å². The Morgan fingerprint density at radius 1 is 1.26 bits per heavy atom. The Hall–Kier alpha value is -0.870. The summed E-state index contributed by atoms with van der Waals surface area (Å²) < 4.78 is 11.8. The van der Waals surface area contributed by atoms with Crippen LogP contribution in [0.5, 0.6) is 0 Å². The monoisotopic (exact) mass is 264 g/mol. The minimum Gasteiger partial charge on any atom is -0.444 e. The van der Waals surface area contributed by atoms with Crippen LogP contribution in [0, 0.1) is 13.8 Å². The number of nitrogens with one attached hydrogen (secondary N) is 1. The summed E-state index contributed by atoms with van der Waals surface area (Å²) in [5, 5.41) is 3.41. The number of hydrogen-bond acceptors (Lipinski definition) is 4. The van der Waals surface area contributed by atoms with E-state index in [0.29, 0.717) is 12.6 Å². The molecule has 1 atom stereocenters. The van der Waals surface area contributed by atoms with Gasteiger partial charge in [0.05, 0.1) is 23.9 Å². The van der Waals surface area contributed by atoms with Crippen molar-refractivity contribution in [1.29, 1.82) is 0 Å². The number of nitrogens with zero attached hydrogens (tertiary/aromatic N) is 1. The van der Waals surface area contributed by atoms with E-state index in [-0.39, 0.29) is 5.60 Å². The zero-order valence-corrected chi connectivity index (χ0v) is 12.0. The Balaban J connectivity index is 1.43. The second-order valence-corrected chi connectivity index (χ2v) is 6.05. The van der Waals surface area contributed by atoms with Crippen molar-refractivity contribution >= 4 is 0 Å². The molecule has 19 heavy (non-hydrogen) atoms. The first-order chi connectivity index (χ1) is 9.17. The smallest absolute Gasteiger partial charge is 0.208 e. The van der Waals surface area contributed by atoms with Gasteiger partial charge in [-0.3, -0.25) is 0 Å². The second kappa shape index (κ2) is 5.25. The molecule has 106 valence electrons. The molecule has 0 radical (unpaired) electrons. The topological polar surface area (TPSA) is 47.3 Å². The molecule has 3 rings (SSSR count). The maximum atomic E-state index is 6.26. The maximum Gasteiger partial charge on any atom is 0.208 e. The Kier molecular flexibility index (Phi) is 3.63. The van der Waals surface area contributed by atoms with Crippen molar-refractivity contribution in [2.75, 3.05) is 6.54 Å². The van der Waals surface area contributed by atoms with Crippen LogP contribution in [0.15, 0.2) is 4.42 Å². The van der Waals surface area contributed by atoms with Gasteiger partial charge in [-0.2, -0.15) is 0 Å². The van der Waals surface area contributed by atoms with E-state index >= 15 is 0 Å². The Morgan fingerprint density at radius 3 is 2.74 bits per heavy atom. The molecule has 1 aliphatic heterocycles. The van der Waals surface area contributed by atoms with E-state index in [1.165, 1.54) is 38.5 Å². The lowest BCUT2D eigenvalue weighted by Crippen LogP contribution is -2.30. The summed E-state index contributed by atoms with van der Waals surface area (Å²) in [5.41, 5.74) is 1.22. The molecule has 1 saturated carbocycles. The van der Waals surface area contributed by atoms with E-state index in [2.05, 4.69) is 10.3 Å². The molecule has 1 saturated heterocycles. The predicted molar refractivity (Wildman–Crippen MR) is 73.0 cm³/mol.